The molecule has 0 atom stereocenters. The van der Waals surface area contributed by atoms with Gasteiger partial charge in [-0.15, -0.1) is 0 Å². The number of benzene rings is 2. The van der Waals surface area contributed by atoms with Crippen molar-refractivity contribution in [1.82, 2.24) is 4.57 Å². The highest BCUT2D eigenvalue weighted by molar-refractivity contribution is 7.91. The molecule has 37 heavy (non-hydrogen) atoms. The van der Waals surface area contributed by atoms with Gasteiger partial charge in [-0.05, 0) is 35.9 Å². The standard InChI is InChI=1S/C26H18F4N2O4S/c1-2-37(34,35)19-8-5-7-16(10-19)18-11-24(36-15-18)23-12-21(26(28,29)30)20(13-31)25(33)32(23)14-17-6-3-4-9-22(17)27/h3-12,15H,2,14H2,1H3. The number of aromatic nitrogens is 1. The molecule has 4 aromatic rings. The Morgan fingerprint density at radius 3 is 2.41 bits per heavy atom. The van der Waals surface area contributed by atoms with Crippen molar-refractivity contribution in [3.05, 3.63) is 99.8 Å². The van der Waals surface area contributed by atoms with E-state index >= 15 is 0 Å². The van der Waals surface area contributed by atoms with E-state index in [1.165, 1.54) is 61.7 Å². The number of hydrogen-bond donors (Lipinski definition) is 0. The second kappa shape index (κ2) is 9.71. The van der Waals surface area contributed by atoms with Crippen molar-refractivity contribution in [1.29, 1.82) is 5.26 Å². The summed E-state index contributed by atoms with van der Waals surface area (Å²) in [5.74, 6) is -0.976. The Bertz CT molecular complexity index is 1700. The fourth-order valence-electron chi connectivity index (χ4n) is 3.79. The van der Waals surface area contributed by atoms with E-state index in [1.807, 2.05) is 0 Å². The molecule has 0 radical (unpaired) electrons. The van der Waals surface area contributed by atoms with Crippen molar-refractivity contribution in [3.63, 3.8) is 0 Å². The SMILES string of the molecule is CCS(=O)(=O)c1cccc(-c2coc(-c3cc(C(F)(F)F)c(C#N)c(=O)n3Cc3ccccc3F)c2)c1. The number of sulfone groups is 1. The molecule has 0 N–H and O–H groups in total. The smallest absolute Gasteiger partial charge is 0.417 e. The molecule has 2 aromatic carbocycles. The molecule has 2 heterocycles. The third-order valence-electron chi connectivity index (χ3n) is 5.76. The fourth-order valence-corrected chi connectivity index (χ4v) is 4.72. The van der Waals surface area contributed by atoms with E-state index in [4.69, 9.17) is 4.42 Å². The zero-order chi connectivity index (χ0) is 27.0. The first kappa shape index (κ1) is 25.9. The lowest BCUT2D eigenvalue weighted by atomic mass is 10.1. The van der Waals surface area contributed by atoms with E-state index in [0.717, 1.165) is 10.6 Å². The van der Waals surface area contributed by atoms with Crippen molar-refractivity contribution in [2.75, 3.05) is 5.75 Å². The van der Waals surface area contributed by atoms with Crippen LogP contribution >= 0.6 is 0 Å². The van der Waals surface area contributed by atoms with Gasteiger partial charge >= 0.3 is 6.18 Å². The van der Waals surface area contributed by atoms with Crippen LogP contribution in [0.1, 0.15) is 23.6 Å². The molecule has 6 nitrogen and oxygen atoms in total. The topological polar surface area (TPSA) is 93.1 Å². The average molecular weight is 530 g/mol. The Balaban J connectivity index is 1.92. The lowest BCUT2D eigenvalue weighted by Gasteiger charge is -2.16. The summed E-state index contributed by atoms with van der Waals surface area (Å²) in [6.45, 7) is 1.03. The van der Waals surface area contributed by atoms with Gasteiger partial charge in [0.25, 0.3) is 5.56 Å². The van der Waals surface area contributed by atoms with E-state index < -0.39 is 45.1 Å². The number of rotatable bonds is 6. The minimum Gasteiger partial charge on any atom is -0.462 e. The van der Waals surface area contributed by atoms with Gasteiger partial charge in [0.05, 0.1) is 34.7 Å². The normalized spacial score (nSPS) is 11.9. The molecule has 0 saturated carbocycles. The summed E-state index contributed by atoms with van der Waals surface area (Å²) in [4.78, 5) is 13.1. The predicted octanol–water partition coefficient (Wildman–Crippen LogP) is 5.65. The largest absolute Gasteiger partial charge is 0.462 e. The van der Waals surface area contributed by atoms with E-state index in [-0.39, 0.29) is 27.7 Å². The predicted molar refractivity (Wildman–Crippen MR) is 127 cm³/mol. The van der Waals surface area contributed by atoms with Gasteiger partial charge in [0.1, 0.15) is 17.4 Å². The number of hydrogen-bond acceptors (Lipinski definition) is 5. The molecule has 0 aliphatic rings. The lowest BCUT2D eigenvalue weighted by molar-refractivity contribution is -0.137. The van der Waals surface area contributed by atoms with Crippen LogP contribution in [-0.4, -0.2) is 18.7 Å². The summed E-state index contributed by atoms with van der Waals surface area (Å²) in [5, 5.41) is 9.32. The first-order valence-electron chi connectivity index (χ1n) is 10.9. The van der Waals surface area contributed by atoms with Gasteiger partial charge in [0, 0.05) is 11.1 Å². The highest BCUT2D eigenvalue weighted by atomic mass is 32.2. The maximum atomic E-state index is 14.3. The summed E-state index contributed by atoms with van der Waals surface area (Å²) in [7, 11) is -3.52. The zero-order valence-electron chi connectivity index (χ0n) is 19.2. The fraction of sp³-hybridized carbons (Fsp3) is 0.154. The minimum absolute atomic E-state index is 0.0127. The van der Waals surface area contributed by atoms with Crippen molar-refractivity contribution in [2.45, 2.75) is 24.5 Å². The molecule has 190 valence electrons. The van der Waals surface area contributed by atoms with E-state index in [2.05, 4.69) is 0 Å². The molecule has 2 aromatic heterocycles. The van der Waals surface area contributed by atoms with Crippen molar-refractivity contribution >= 4 is 9.84 Å². The molecule has 0 aliphatic carbocycles. The van der Waals surface area contributed by atoms with Crippen LogP contribution in [0.25, 0.3) is 22.6 Å². The van der Waals surface area contributed by atoms with Crippen LogP contribution in [0.2, 0.25) is 0 Å². The van der Waals surface area contributed by atoms with Gasteiger partial charge in [-0.3, -0.25) is 9.36 Å². The number of halogens is 4. The van der Waals surface area contributed by atoms with Crippen LogP contribution < -0.4 is 5.56 Å². The molecule has 0 bridgehead atoms. The molecule has 0 amide bonds. The Morgan fingerprint density at radius 2 is 1.76 bits per heavy atom. The Morgan fingerprint density at radius 1 is 1.03 bits per heavy atom. The second-order valence-corrected chi connectivity index (χ2v) is 10.3. The van der Waals surface area contributed by atoms with Crippen LogP contribution in [0, 0.1) is 17.1 Å². The van der Waals surface area contributed by atoms with Crippen LogP contribution in [0.3, 0.4) is 0 Å². The maximum absolute atomic E-state index is 14.3. The molecule has 0 fully saturated rings. The quantitative estimate of drug-likeness (QED) is 0.301. The van der Waals surface area contributed by atoms with Crippen molar-refractivity contribution in [2.24, 2.45) is 0 Å². The Kier molecular flexibility index (Phi) is 6.80. The van der Waals surface area contributed by atoms with Gasteiger partial charge in [-0.25, -0.2) is 12.8 Å². The molecule has 0 saturated heterocycles. The molecule has 0 unspecified atom stereocenters. The first-order chi connectivity index (χ1) is 17.5. The van der Waals surface area contributed by atoms with E-state index in [0.29, 0.717) is 17.2 Å². The summed E-state index contributed by atoms with van der Waals surface area (Å²) >= 11 is 0. The zero-order valence-corrected chi connectivity index (χ0v) is 20.0. The van der Waals surface area contributed by atoms with Gasteiger partial charge in [0.15, 0.2) is 15.6 Å². The number of nitrogens with zero attached hydrogens (tertiary/aromatic N) is 2. The minimum atomic E-state index is -5.02. The summed E-state index contributed by atoms with van der Waals surface area (Å²) < 4.78 is 86.5. The lowest BCUT2D eigenvalue weighted by Crippen LogP contribution is -2.28. The summed E-state index contributed by atoms with van der Waals surface area (Å²) in [6.07, 6.45) is -3.81. The van der Waals surface area contributed by atoms with Crippen LogP contribution in [0.5, 0.6) is 0 Å². The third kappa shape index (κ3) is 5.06. The summed E-state index contributed by atoms with van der Waals surface area (Å²) in [6, 6.07) is 14.6. The van der Waals surface area contributed by atoms with Gasteiger partial charge in [0.2, 0.25) is 0 Å². The monoisotopic (exact) mass is 530 g/mol. The van der Waals surface area contributed by atoms with Crippen LogP contribution in [0.15, 0.2) is 81.0 Å². The van der Waals surface area contributed by atoms with Gasteiger partial charge < -0.3 is 4.42 Å². The summed E-state index contributed by atoms with van der Waals surface area (Å²) in [5.41, 5.74) is -3.40. The number of alkyl halides is 3. The van der Waals surface area contributed by atoms with E-state index in [9.17, 15) is 36.0 Å². The van der Waals surface area contributed by atoms with Gasteiger partial charge in [-0.2, -0.15) is 18.4 Å². The number of nitriles is 1. The highest BCUT2D eigenvalue weighted by Gasteiger charge is 2.37. The second-order valence-electron chi connectivity index (χ2n) is 8.04. The van der Waals surface area contributed by atoms with E-state index in [1.54, 1.807) is 6.07 Å². The average Bonchev–Trinajstić information content (AvgIpc) is 3.36. The van der Waals surface area contributed by atoms with Crippen molar-refractivity contribution in [3.8, 4) is 28.7 Å². The van der Waals surface area contributed by atoms with Crippen molar-refractivity contribution < 1.29 is 30.4 Å². The molecular formula is C26H18F4N2O4S. The third-order valence-corrected chi connectivity index (χ3v) is 7.49. The molecule has 0 aliphatic heterocycles. The molecule has 11 heteroatoms. The highest BCUT2D eigenvalue weighted by Crippen LogP contribution is 2.35. The van der Waals surface area contributed by atoms with Crippen LogP contribution in [0.4, 0.5) is 17.6 Å². The Hall–Kier alpha value is -4.17. The number of furan rings is 1. The van der Waals surface area contributed by atoms with Gasteiger partial charge in [-0.1, -0.05) is 37.3 Å². The first-order valence-corrected chi connectivity index (χ1v) is 12.5. The number of pyridine rings is 1. The molecular weight excluding hydrogens is 512 g/mol. The maximum Gasteiger partial charge on any atom is 0.417 e. The molecule has 0 spiro atoms. The van der Waals surface area contributed by atoms with Crippen LogP contribution in [-0.2, 0) is 22.6 Å². The molecule has 4 rings (SSSR count). The Labute approximate surface area is 208 Å².